The lowest BCUT2D eigenvalue weighted by Crippen LogP contribution is -2.46. The van der Waals surface area contributed by atoms with E-state index in [-0.39, 0.29) is 6.10 Å². The lowest BCUT2D eigenvalue weighted by molar-refractivity contribution is -0.873. The molecule has 2 rings (SSSR count). The average molecular weight is 367 g/mol. The molecule has 1 heterocycles. The Morgan fingerprint density at radius 2 is 1.77 bits per heavy atom. The van der Waals surface area contributed by atoms with Crippen molar-refractivity contribution in [3.05, 3.63) is 24.3 Å². The first-order valence-corrected chi connectivity index (χ1v) is 9.06. The third-order valence-electron chi connectivity index (χ3n) is 4.07. The van der Waals surface area contributed by atoms with Crippen LogP contribution in [0.4, 0.5) is 11.4 Å². The summed E-state index contributed by atoms with van der Waals surface area (Å²) in [7, 11) is 6.36. The molecular weight excluding hydrogens is 332 g/mol. The maximum Gasteiger partial charge on any atom is 0.115 e. The summed E-state index contributed by atoms with van der Waals surface area (Å²) in [5.41, 5.74) is 7.81. The number of anilines is 2. The Morgan fingerprint density at radius 1 is 1.19 bits per heavy atom. The van der Waals surface area contributed by atoms with Gasteiger partial charge in [0.15, 0.2) is 0 Å². The molecule has 1 aliphatic heterocycles. The second-order valence-electron chi connectivity index (χ2n) is 7.85. The number of carbonyl (C=O) groups is 1. The van der Waals surface area contributed by atoms with E-state index in [1.54, 1.807) is 0 Å². The van der Waals surface area contributed by atoms with Gasteiger partial charge in [-0.25, -0.2) is 0 Å². The van der Waals surface area contributed by atoms with Gasteiger partial charge in [0.25, 0.3) is 0 Å². The first-order chi connectivity index (χ1) is 12.1. The van der Waals surface area contributed by atoms with Crippen molar-refractivity contribution >= 4 is 17.3 Å². The monoisotopic (exact) mass is 366 g/mol. The number of β-amino-alcohol motifs (C(OH)–C–C–N with tert-alkyl or cyclic N) is 1. The van der Waals surface area contributed by atoms with Crippen LogP contribution >= 0.6 is 0 Å². The molecule has 0 aliphatic carbocycles. The number of benzene rings is 1. The van der Waals surface area contributed by atoms with Gasteiger partial charge in [0.1, 0.15) is 12.6 Å². The average Bonchev–Trinajstić information content (AvgIpc) is 2.71. The summed E-state index contributed by atoms with van der Waals surface area (Å²) in [4.78, 5) is 13.7. The molecule has 1 aromatic rings. The molecule has 1 atom stereocenters. The predicted molar refractivity (Wildman–Crippen MR) is 104 cm³/mol. The van der Waals surface area contributed by atoms with Crippen LogP contribution in [0.5, 0.6) is 0 Å². The van der Waals surface area contributed by atoms with Crippen LogP contribution in [0.25, 0.3) is 0 Å². The molecule has 1 unspecified atom stereocenters. The smallest absolute Gasteiger partial charge is 0.115 e. The molecule has 1 aromatic carbocycles. The molecule has 7 heteroatoms. The number of aliphatic carboxylic acids is 1. The molecule has 3 N–H and O–H groups in total. The molecule has 0 radical (unpaired) electrons. The van der Waals surface area contributed by atoms with Crippen LogP contribution in [0.3, 0.4) is 0 Å². The van der Waals surface area contributed by atoms with Crippen molar-refractivity contribution in [1.82, 2.24) is 4.90 Å². The zero-order valence-electron chi connectivity index (χ0n) is 16.5. The number of aliphatic hydroxyl groups excluding tert-OH is 1. The van der Waals surface area contributed by atoms with E-state index in [0.29, 0.717) is 0 Å². The lowest BCUT2D eigenvalue weighted by atomic mass is 10.2. The van der Waals surface area contributed by atoms with Crippen LogP contribution in [0.2, 0.25) is 0 Å². The Labute approximate surface area is 157 Å². The maximum atomic E-state index is 10.3. The highest BCUT2D eigenvalue weighted by molar-refractivity contribution is 5.60. The van der Waals surface area contributed by atoms with E-state index in [9.17, 15) is 5.11 Å². The standard InChI is InChI=1S/C17H31N4O.C2H4O2/c1-21(2,3)14-17(22)13-19-9-4-10-20(12-11-19)16-7-5-15(18)6-8-16;1-2(3)4/h5-8,17,22H,4,9-14,18H2,1-3H3;1H3,(H,3,4)/q+1;/p-1. The molecule has 0 amide bonds. The van der Waals surface area contributed by atoms with Crippen LogP contribution in [0.1, 0.15) is 13.3 Å². The van der Waals surface area contributed by atoms with Crippen molar-refractivity contribution in [3.63, 3.8) is 0 Å². The Kier molecular flexibility index (Phi) is 8.84. The zero-order valence-corrected chi connectivity index (χ0v) is 16.5. The first kappa shape index (κ1) is 22.2. The highest BCUT2D eigenvalue weighted by Gasteiger charge is 2.21. The lowest BCUT2D eigenvalue weighted by Gasteiger charge is -2.30. The summed E-state index contributed by atoms with van der Waals surface area (Å²) in [6.45, 7) is 6.65. The van der Waals surface area contributed by atoms with Gasteiger partial charge in [0.2, 0.25) is 0 Å². The van der Waals surface area contributed by atoms with Crippen molar-refractivity contribution < 1.29 is 19.5 Å². The van der Waals surface area contributed by atoms with E-state index in [0.717, 1.165) is 62.8 Å². The number of nitrogens with zero attached hydrogens (tertiary/aromatic N) is 3. The zero-order chi connectivity index (χ0) is 19.7. The van der Waals surface area contributed by atoms with Gasteiger partial charge in [0, 0.05) is 43.5 Å². The quantitative estimate of drug-likeness (QED) is 0.544. The van der Waals surface area contributed by atoms with E-state index >= 15 is 0 Å². The number of hydrogen-bond acceptors (Lipinski definition) is 6. The predicted octanol–water partition coefficient (Wildman–Crippen LogP) is -0.396. The molecule has 1 saturated heterocycles. The van der Waals surface area contributed by atoms with E-state index in [1.165, 1.54) is 5.69 Å². The normalized spacial score (nSPS) is 17.0. The Morgan fingerprint density at radius 3 is 2.31 bits per heavy atom. The molecule has 0 spiro atoms. The molecule has 0 aromatic heterocycles. The van der Waals surface area contributed by atoms with Gasteiger partial charge in [-0.2, -0.15) is 0 Å². The van der Waals surface area contributed by atoms with Gasteiger partial charge < -0.3 is 30.1 Å². The van der Waals surface area contributed by atoms with E-state index < -0.39 is 5.97 Å². The fourth-order valence-electron chi connectivity index (χ4n) is 3.08. The highest BCUT2D eigenvalue weighted by Crippen LogP contribution is 2.18. The van der Waals surface area contributed by atoms with Crippen LogP contribution in [-0.2, 0) is 4.79 Å². The highest BCUT2D eigenvalue weighted by atomic mass is 16.4. The van der Waals surface area contributed by atoms with Crippen molar-refractivity contribution in [1.29, 1.82) is 0 Å². The second kappa shape index (κ2) is 10.4. The number of hydrogen-bond donors (Lipinski definition) is 2. The Hall–Kier alpha value is -1.83. The summed E-state index contributed by atoms with van der Waals surface area (Å²) >= 11 is 0. The van der Waals surface area contributed by atoms with Gasteiger partial charge in [-0.05, 0) is 44.2 Å². The van der Waals surface area contributed by atoms with Crippen molar-refractivity contribution in [2.45, 2.75) is 19.4 Å². The third-order valence-corrected chi connectivity index (χ3v) is 4.07. The maximum absolute atomic E-state index is 10.3. The van der Waals surface area contributed by atoms with E-state index in [1.807, 2.05) is 12.1 Å². The minimum Gasteiger partial charge on any atom is -0.550 e. The van der Waals surface area contributed by atoms with Gasteiger partial charge in [0.05, 0.1) is 21.1 Å². The Bertz CT molecular complexity index is 539. The summed E-state index contributed by atoms with van der Waals surface area (Å²) in [6, 6.07) is 8.11. The van der Waals surface area contributed by atoms with Gasteiger partial charge in [-0.1, -0.05) is 0 Å². The SMILES string of the molecule is CC(=O)[O-].C[N+](C)(C)CC(O)CN1CCCN(c2ccc(N)cc2)CC1. The van der Waals surface area contributed by atoms with Gasteiger partial charge in [-0.3, -0.25) is 4.90 Å². The number of aliphatic hydroxyl groups is 1. The minimum atomic E-state index is -1.08. The second-order valence-corrected chi connectivity index (χ2v) is 7.85. The molecule has 1 aliphatic rings. The molecule has 1 fully saturated rings. The molecule has 0 saturated carbocycles. The van der Waals surface area contributed by atoms with Gasteiger partial charge >= 0.3 is 0 Å². The van der Waals surface area contributed by atoms with Crippen LogP contribution in [-0.4, -0.2) is 87.0 Å². The summed E-state index contributed by atoms with van der Waals surface area (Å²) in [5, 5.41) is 19.1. The molecular formula is C19H34N4O3. The topological polar surface area (TPSA) is 92.9 Å². The van der Waals surface area contributed by atoms with Crippen LogP contribution < -0.4 is 15.7 Å². The summed E-state index contributed by atoms with van der Waals surface area (Å²) < 4.78 is 0.798. The van der Waals surface area contributed by atoms with E-state index in [2.05, 4.69) is 43.1 Å². The van der Waals surface area contributed by atoms with Crippen molar-refractivity contribution in [2.75, 3.05) is 71.0 Å². The third kappa shape index (κ3) is 9.60. The number of carboxylic acid groups (broad SMARTS) is 1. The van der Waals surface area contributed by atoms with Crippen molar-refractivity contribution in [2.24, 2.45) is 0 Å². The number of carbonyl (C=O) groups excluding carboxylic acids is 1. The van der Waals surface area contributed by atoms with Crippen molar-refractivity contribution in [3.8, 4) is 0 Å². The molecule has 0 bridgehead atoms. The number of carboxylic acids is 1. The Balaban J connectivity index is 0.000000765. The number of quaternary nitrogens is 1. The summed E-state index contributed by atoms with van der Waals surface area (Å²) in [6.07, 6.45) is 0.865. The fourth-order valence-corrected chi connectivity index (χ4v) is 3.08. The van der Waals surface area contributed by atoms with Crippen LogP contribution in [0, 0.1) is 0 Å². The molecule has 26 heavy (non-hydrogen) atoms. The summed E-state index contributed by atoms with van der Waals surface area (Å²) in [5.74, 6) is -1.08. The molecule has 148 valence electrons. The first-order valence-electron chi connectivity index (χ1n) is 9.06. The van der Waals surface area contributed by atoms with Gasteiger partial charge in [-0.15, -0.1) is 0 Å². The fraction of sp³-hybridized carbons (Fsp3) is 0.632. The van der Waals surface area contributed by atoms with Crippen LogP contribution in [0.15, 0.2) is 24.3 Å². The number of rotatable bonds is 5. The number of nitrogen functional groups attached to an aromatic ring is 1. The number of likely N-dealkylation sites (N-methyl/N-ethyl adjacent to an activating group) is 1. The largest absolute Gasteiger partial charge is 0.550 e. The minimum absolute atomic E-state index is 0.261. The molecule has 7 nitrogen and oxygen atoms in total. The van der Waals surface area contributed by atoms with E-state index in [4.69, 9.17) is 15.6 Å². The number of nitrogens with two attached hydrogens (primary N) is 1.